The Morgan fingerprint density at radius 1 is 1.25 bits per heavy atom. The number of ether oxygens (including phenoxy) is 1. The maximum atomic E-state index is 13.5. The van der Waals surface area contributed by atoms with E-state index in [1.807, 2.05) is 0 Å². The average Bonchev–Trinajstić information content (AvgIpc) is 2.58. The summed E-state index contributed by atoms with van der Waals surface area (Å²) in [6, 6.07) is 1.74. The molecule has 1 aliphatic rings. The Labute approximate surface area is 110 Å². The number of aliphatic hydroxyl groups excluding tert-OH is 1. The summed E-state index contributed by atoms with van der Waals surface area (Å²) in [5, 5.41) is 9.45. The summed E-state index contributed by atoms with van der Waals surface area (Å²) in [6.07, 6.45) is -9.30. The van der Waals surface area contributed by atoms with Crippen molar-refractivity contribution in [3.05, 3.63) is 28.8 Å². The maximum Gasteiger partial charge on any atom is 0.281 e. The molecule has 1 atom stereocenters. The fourth-order valence-corrected chi connectivity index (χ4v) is 2.19. The molecule has 2 nitrogen and oxygen atoms in total. The molecule has 1 aromatic rings. The first kappa shape index (κ1) is 15.0. The first-order chi connectivity index (χ1) is 9.24. The smallest absolute Gasteiger partial charge is 0.281 e. The summed E-state index contributed by atoms with van der Waals surface area (Å²) in [5.41, 5.74) is -1.72. The van der Waals surface area contributed by atoms with Gasteiger partial charge in [0.25, 0.3) is 18.8 Å². The van der Waals surface area contributed by atoms with Crippen molar-refractivity contribution in [2.24, 2.45) is 0 Å². The Bertz CT molecular complexity index is 503. The van der Waals surface area contributed by atoms with Crippen LogP contribution in [0.25, 0.3) is 0 Å². The van der Waals surface area contributed by atoms with Gasteiger partial charge in [0.05, 0.1) is 0 Å². The molecule has 1 N–H and O–H groups in total. The van der Waals surface area contributed by atoms with Gasteiger partial charge in [0.15, 0.2) is 0 Å². The van der Waals surface area contributed by atoms with E-state index < -0.39 is 49.0 Å². The van der Waals surface area contributed by atoms with Gasteiger partial charge in [0.1, 0.15) is 18.5 Å². The molecule has 0 fully saturated rings. The normalized spacial score (nSPS) is 20.6. The number of alkyl halides is 6. The predicted octanol–water partition coefficient (Wildman–Crippen LogP) is 3.49. The van der Waals surface area contributed by atoms with Crippen LogP contribution in [-0.2, 0) is 6.42 Å². The minimum atomic E-state index is -3.63. The number of hydrogen-bond acceptors (Lipinski definition) is 2. The van der Waals surface area contributed by atoms with Crippen LogP contribution < -0.4 is 4.74 Å². The van der Waals surface area contributed by atoms with Crippen LogP contribution >= 0.6 is 0 Å². The zero-order valence-corrected chi connectivity index (χ0v) is 9.92. The molecular weight excluding hydrogens is 290 g/mol. The van der Waals surface area contributed by atoms with Crippen LogP contribution in [0.4, 0.5) is 26.3 Å². The van der Waals surface area contributed by atoms with Crippen LogP contribution in [0, 0.1) is 0 Å². The molecule has 1 unspecified atom stereocenters. The molecule has 8 heteroatoms. The average molecular weight is 300 g/mol. The summed E-state index contributed by atoms with van der Waals surface area (Å²) < 4.78 is 81.2. The highest BCUT2D eigenvalue weighted by molar-refractivity contribution is 5.51. The summed E-state index contributed by atoms with van der Waals surface area (Å²) >= 11 is 0. The summed E-state index contributed by atoms with van der Waals surface area (Å²) in [7, 11) is 0. The van der Waals surface area contributed by atoms with E-state index in [4.69, 9.17) is 0 Å². The molecule has 0 aromatic heterocycles. The Hall–Kier alpha value is -1.44. The Morgan fingerprint density at radius 3 is 2.45 bits per heavy atom. The number of rotatable bonds is 4. The predicted molar refractivity (Wildman–Crippen MR) is 56.5 cm³/mol. The molecule has 0 saturated heterocycles. The van der Waals surface area contributed by atoms with Crippen LogP contribution in [0.2, 0.25) is 0 Å². The van der Waals surface area contributed by atoms with Crippen LogP contribution in [0.5, 0.6) is 5.75 Å². The quantitative estimate of drug-likeness (QED) is 0.863. The molecule has 0 amide bonds. The third-order valence-electron chi connectivity index (χ3n) is 3.03. The van der Waals surface area contributed by atoms with Gasteiger partial charge in [-0.3, -0.25) is 0 Å². The van der Waals surface area contributed by atoms with Crippen molar-refractivity contribution in [3.63, 3.8) is 0 Å². The second-order valence-corrected chi connectivity index (χ2v) is 4.39. The lowest BCUT2D eigenvalue weighted by molar-refractivity contribution is -0.0976. The number of fused-ring (bicyclic) bond motifs is 1. The minimum Gasteiger partial charge on any atom is -0.487 e. The van der Waals surface area contributed by atoms with Crippen molar-refractivity contribution >= 4 is 0 Å². The van der Waals surface area contributed by atoms with Gasteiger partial charge in [0.2, 0.25) is 0 Å². The van der Waals surface area contributed by atoms with E-state index in [9.17, 15) is 31.4 Å². The fourth-order valence-electron chi connectivity index (χ4n) is 2.19. The lowest BCUT2D eigenvalue weighted by Crippen LogP contribution is -2.22. The van der Waals surface area contributed by atoms with E-state index in [1.165, 1.54) is 0 Å². The van der Waals surface area contributed by atoms with Gasteiger partial charge < -0.3 is 9.84 Å². The van der Waals surface area contributed by atoms with Crippen LogP contribution in [0.3, 0.4) is 0 Å². The van der Waals surface area contributed by atoms with E-state index in [0.717, 1.165) is 12.1 Å². The number of hydrogen-bond donors (Lipinski definition) is 1. The van der Waals surface area contributed by atoms with Gasteiger partial charge in [-0.25, -0.2) is 26.3 Å². The lowest BCUT2D eigenvalue weighted by Gasteiger charge is -2.16. The highest BCUT2D eigenvalue weighted by Crippen LogP contribution is 2.49. The van der Waals surface area contributed by atoms with Crippen molar-refractivity contribution in [1.29, 1.82) is 0 Å². The SMILES string of the molecule is OC1c2c(C(F)F)ccc(OCC(F)F)c2CC1(F)F. The Kier molecular flexibility index (Phi) is 3.86. The zero-order chi connectivity index (χ0) is 15.1. The first-order valence-electron chi connectivity index (χ1n) is 5.64. The molecule has 0 bridgehead atoms. The molecule has 0 heterocycles. The monoisotopic (exact) mass is 300 g/mol. The summed E-state index contributed by atoms with van der Waals surface area (Å²) in [5.74, 6) is -3.96. The third kappa shape index (κ3) is 2.56. The van der Waals surface area contributed by atoms with Crippen molar-refractivity contribution in [1.82, 2.24) is 0 Å². The second kappa shape index (κ2) is 5.16. The van der Waals surface area contributed by atoms with Crippen molar-refractivity contribution in [3.8, 4) is 5.75 Å². The van der Waals surface area contributed by atoms with Gasteiger partial charge in [-0.1, -0.05) is 0 Å². The molecule has 1 aliphatic carbocycles. The van der Waals surface area contributed by atoms with Gasteiger partial charge in [-0.15, -0.1) is 0 Å². The molecule has 0 spiro atoms. The molecule has 2 rings (SSSR count). The lowest BCUT2D eigenvalue weighted by atomic mass is 10.0. The molecule has 0 aliphatic heterocycles. The van der Waals surface area contributed by atoms with Gasteiger partial charge >= 0.3 is 0 Å². The van der Waals surface area contributed by atoms with E-state index in [2.05, 4.69) is 4.74 Å². The highest BCUT2D eigenvalue weighted by atomic mass is 19.3. The Balaban J connectivity index is 2.46. The third-order valence-corrected chi connectivity index (χ3v) is 3.03. The second-order valence-electron chi connectivity index (χ2n) is 4.39. The summed E-state index contributed by atoms with van der Waals surface area (Å²) in [4.78, 5) is 0. The van der Waals surface area contributed by atoms with E-state index in [0.29, 0.717) is 0 Å². The fraction of sp³-hybridized carbons (Fsp3) is 0.500. The molecule has 112 valence electrons. The minimum absolute atomic E-state index is 0.332. The molecule has 1 aromatic carbocycles. The molecule has 20 heavy (non-hydrogen) atoms. The number of halogens is 6. The number of aliphatic hydroxyl groups is 1. The topological polar surface area (TPSA) is 29.5 Å². The van der Waals surface area contributed by atoms with Crippen molar-refractivity contribution < 1.29 is 36.2 Å². The zero-order valence-electron chi connectivity index (χ0n) is 9.92. The molecule has 0 saturated carbocycles. The largest absolute Gasteiger partial charge is 0.487 e. The van der Waals surface area contributed by atoms with E-state index >= 15 is 0 Å². The molecule has 0 radical (unpaired) electrons. The van der Waals surface area contributed by atoms with Crippen LogP contribution in [0.1, 0.15) is 29.2 Å². The van der Waals surface area contributed by atoms with Crippen molar-refractivity contribution in [2.75, 3.05) is 6.61 Å². The van der Waals surface area contributed by atoms with Crippen molar-refractivity contribution in [2.45, 2.75) is 31.3 Å². The maximum absolute atomic E-state index is 13.5. The van der Waals surface area contributed by atoms with E-state index in [-0.39, 0.29) is 11.3 Å². The van der Waals surface area contributed by atoms with E-state index in [1.54, 1.807) is 0 Å². The van der Waals surface area contributed by atoms with Gasteiger partial charge in [-0.2, -0.15) is 0 Å². The molecular formula is C12H10F6O2. The standard InChI is InChI=1S/C12H10F6O2/c13-8(14)4-20-7-2-1-5(11(15)16)9-6(7)3-12(17,18)10(9)19/h1-2,8,10-11,19H,3-4H2. The van der Waals surface area contributed by atoms with Crippen LogP contribution in [-0.4, -0.2) is 24.1 Å². The summed E-state index contributed by atoms with van der Waals surface area (Å²) in [6.45, 7) is -1.04. The highest BCUT2D eigenvalue weighted by Gasteiger charge is 2.50. The van der Waals surface area contributed by atoms with Gasteiger partial charge in [0, 0.05) is 23.1 Å². The number of benzene rings is 1. The van der Waals surface area contributed by atoms with Crippen LogP contribution in [0.15, 0.2) is 12.1 Å². The first-order valence-corrected chi connectivity index (χ1v) is 5.64. The Morgan fingerprint density at radius 2 is 1.90 bits per heavy atom. The van der Waals surface area contributed by atoms with Gasteiger partial charge in [-0.05, 0) is 12.1 Å².